The summed E-state index contributed by atoms with van der Waals surface area (Å²) in [5.41, 5.74) is 0. The second kappa shape index (κ2) is 61.0. The van der Waals surface area contributed by atoms with Crippen LogP contribution in [0.5, 0.6) is 0 Å². The average Bonchev–Trinajstić information content (AvgIpc) is 3.49. The minimum atomic E-state index is -1.57. The normalized spacial score (nSPS) is 18.7. The van der Waals surface area contributed by atoms with Crippen LogP contribution in [0, 0.1) is 0 Å². The number of hydrogen-bond donors (Lipinski definition) is 6. The molecule has 0 radical (unpaired) electrons. The van der Waals surface area contributed by atoms with Gasteiger partial charge in [-0.2, -0.15) is 0 Å². The predicted molar refractivity (Wildman–Crippen MR) is 346 cm³/mol. The van der Waals surface area contributed by atoms with Gasteiger partial charge in [-0.1, -0.05) is 331 Å². The molecule has 1 fully saturated rings. The van der Waals surface area contributed by atoms with Gasteiger partial charge in [0, 0.05) is 6.42 Å². The number of nitrogens with one attached hydrogen (secondary N) is 1. The summed E-state index contributed by atoms with van der Waals surface area (Å²) in [5.74, 6) is -0.171. The molecule has 1 heterocycles. The molecule has 1 amide bonds. The predicted octanol–water partition coefficient (Wildman–Crippen LogP) is 19.0. The molecule has 0 aromatic heterocycles. The lowest BCUT2D eigenvalue weighted by atomic mass is 9.99. The van der Waals surface area contributed by atoms with Crippen molar-refractivity contribution in [2.45, 2.75) is 378 Å². The monoisotopic (exact) mass is 1140 g/mol. The highest BCUT2D eigenvalue weighted by molar-refractivity contribution is 5.76. The molecule has 9 nitrogen and oxygen atoms in total. The number of rotatable bonds is 61. The molecule has 7 unspecified atom stereocenters. The standard InChI is InChI=1S/C72H133NO8/c1-3-5-7-9-11-13-15-17-19-21-22-23-24-25-26-27-28-29-30-31-32-33-34-35-36-37-38-39-40-41-42-43-44-46-48-50-52-54-56-58-60-62-68(76)73-65(64-80-72-71(79)70(78)69(77)67(63-74)81-72)66(75)61-59-57-55-53-51-49-47-45-20-18-16-14-12-10-8-6-4-2/h5,7,11,13,17,19,22-23,59,61,65-67,69-72,74-75,77-79H,3-4,6,8-10,12,14-16,18,20-21,24-58,60,62-64H2,1-2H3,(H,73,76)/b7-5-,13-11-,19-17-,23-22-,61-59+. The number of ether oxygens (including phenoxy) is 2. The second-order valence-electron chi connectivity index (χ2n) is 24.3. The van der Waals surface area contributed by atoms with Crippen molar-refractivity contribution in [1.82, 2.24) is 5.32 Å². The van der Waals surface area contributed by atoms with Crippen LogP contribution in [0.1, 0.15) is 335 Å². The molecule has 7 atom stereocenters. The van der Waals surface area contributed by atoms with E-state index in [0.717, 1.165) is 64.2 Å². The lowest BCUT2D eigenvalue weighted by Gasteiger charge is -2.40. The van der Waals surface area contributed by atoms with Crippen molar-refractivity contribution in [3.8, 4) is 0 Å². The molecule has 9 heteroatoms. The summed E-state index contributed by atoms with van der Waals surface area (Å²) in [6, 6.07) is -0.804. The number of amides is 1. The van der Waals surface area contributed by atoms with Gasteiger partial charge >= 0.3 is 0 Å². The Kier molecular flexibility index (Phi) is 57.9. The Morgan fingerprint density at radius 2 is 0.765 bits per heavy atom. The Labute approximate surface area is 500 Å². The minimum Gasteiger partial charge on any atom is -0.394 e. The van der Waals surface area contributed by atoms with Gasteiger partial charge in [-0.3, -0.25) is 4.79 Å². The molecule has 0 bridgehead atoms. The quantitative estimate of drug-likeness (QED) is 0.0261. The number of allylic oxidation sites excluding steroid dienone is 9. The SMILES string of the molecule is CC/C=C\C/C=C\C/C=C\C/C=C\CCCCCCCCCCCCCCCCCCCCCCCCCCCCCCC(=O)NC(COC1OC(CO)C(O)C(O)C1O)C(O)/C=C/CCCCCCCCCCCCCCCCC. The number of carbonyl (C=O) groups is 1. The Morgan fingerprint density at radius 3 is 1.14 bits per heavy atom. The lowest BCUT2D eigenvalue weighted by Crippen LogP contribution is -2.60. The number of hydrogen-bond acceptors (Lipinski definition) is 8. The molecule has 0 aromatic rings. The topological polar surface area (TPSA) is 149 Å². The Morgan fingerprint density at radius 1 is 0.432 bits per heavy atom. The number of aliphatic hydroxyl groups is 5. The Bertz CT molecular complexity index is 1460. The summed E-state index contributed by atoms with van der Waals surface area (Å²) in [6.45, 7) is 3.70. The minimum absolute atomic E-state index is 0.171. The van der Waals surface area contributed by atoms with Crippen molar-refractivity contribution >= 4 is 5.91 Å². The van der Waals surface area contributed by atoms with Crippen molar-refractivity contribution in [2.24, 2.45) is 0 Å². The molecule has 474 valence electrons. The van der Waals surface area contributed by atoms with Crippen LogP contribution < -0.4 is 5.32 Å². The molecule has 1 aliphatic heterocycles. The van der Waals surface area contributed by atoms with Gasteiger partial charge in [0.1, 0.15) is 24.4 Å². The van der Waals surface area contributed by atoms with Gasteiger partial charge in [-0.05, 0) is 57.8 Å². The van der Waals surface area contributed by atoms with Gasteiger partial charge in [0.2, 0.25) is 5.91 Å². The van der Waals surface area contributed by atoms with Crippen molar-refractivity contribution in [2.75, 3.05) is 13.2 Å². The maximum Gasteiger partial charge on any atom is 0.220 e. The van der Waals surface area contributed by atoms with Crippen molar-refractivity contribution in [1.29, 1.82) is 0 Å². The molecular formula is C72H133NO8. The van der Waals surface area contributed by atoms with Gasteiger partial charge in [0.15, 0.2) is 6.29 Å². The van der Waals surface area contributed by atoms with Gasteiger partial charge in [-0.15, -0.1) is 0 Å². The number of aliphatic hydroxyl groups excluding tert-OH is 5. The van der Waals surface area contributed by atoms with E-state index in [1.807, 2.05) is 6.08 Å². The van der Waals surface area contributed by atoms with Crippen molar-refractivity contribution in [3.63, 3.8) is 0 Å². The lowest BCUT2D eigenvalue weighted by molar-refractivity contribution is -0.302. The molecule has 1 saturated heterocycles. The molecule has 0 aliphatic carbocycles. The zero-order valence-corrected chi connectivity index (χ0v) is 53.0. The smallest absolute Gasteiger partial charge is 0.220 e. The van der Waals surface area contributed by atoms with Crippen LogP contribution in [-0.4, -0.2) is 87.5 Å². The van der Waals surface area contributed by atoms with E-state index in [1.165, 1.54) is 250 Å². The Hall–Kier alpha value is -2.11. The number of carbonyl (C=O) groups excluding carboxylic acids is 1. The molecular weight excluding hydrogens is 1010 g/mol. The first-order valence-electron chi connectivity index (χ1n) is 35.0. The molecule has 81 heavy (non-hydrogen) atoms. The fraction of sp³-hybridized carbons (Fsp3) is 0.847. The first kappa shape index (κ1) is 76.9. The van der Waals surface area contributed by atoms with Gasteiger partial charge in [0.05, 0.1) is 25.4 Å². The van der Waals surface area contributed by atoms with Crippen LogP contribution in [0.4, 0.5) is 0 Å². The van der Waals surface area contributed by atoms with Gasteiger partial charge < -0.3 is 40.3 Å². The Balaban J connectivity index is 2.03. The average molecular weight is 1140 g/mol. The summed E-state index contributed by atoms with van der Waals surface area (Å²) in [5, 5.41) is 54.7. The van der Waals surface area contributed by atoms with Crippen molar-refractivity contribution in [3.05, 3.63) is 60.8 Å². The highest BCUT2D eigenvalue weighted by Crippen LogP contribution is 2.23. The first-order chi connectivity index (χ1) is 39.8. The fourth-order valence-electron chi connectivity index (χ4n) is 11.2. The summed E-state index contributed by atoms with van der Waals surface area (Å²) in [7, 11) is 0. The van der Waals surface area contributed by atoms with E-state index in [-0.39, 0.29) is 12.5 Å². The summed E-state index contributed by atoms with van der Waals surface area (Å²) >= 11 is 0. The number of unbranched alkanes of at least 4 members (excludes halogenated alkanes) is 43. The molecule has 1 aliphatic rings. The molecule has 0 spiro atoms. The van der Waals surface area contributed by atoms with Gasteiger partial charge in [0.25, 0.3) is 0 Å². The van der Waals surface area contributed by atoms with Crippen LogP contribution in [0.25, 0.3) is 0 Å². The summed E-state index contributed by atoms with van der Waals surface area (Å²) in [6.07, 6.45) is 77.7. The summed E-state index contributed by atoms with van der Waals surface area (Å²) in [4.78, 5) is 13.1. The van der Waals surface area contributed by atoms with E-state index in [9.17, 15) is 30.3 Å². The van der Waals surface area contributed by atoms with Crippen LogP contribution in [0.2, 0.25) is 0 Å². The van der Waals surface area contributed by atoms with E-state index >= 15 is 0 Å². The third-order valence-electron chi connectivity index (χ3n) is 16.6. The van der Waals surface area contributed by atoms with E-state index < -0.39 is 49.5 Å². The molecule has 6 N–H and O–H groups in total. The van der Waals surface area contributed by atoms with Crippen LogP contribution in [0.3, 0.4) is 0 Å². The van der Waals surface area contributed by atoms with Crippen LogP contribution >= 0.6 is 0 Å². The third kappa shape index (κ3) is 49.8. The van der Waals surface area contributed by atoms with E-state index in [0.29, 0.717) is 6.42 Å². The first-order valence-corrected chi connectivity index (χ1v) is 35.0. The largest absolute Gasteiger partial charge is 0.394 e. The molecule has 1 rings (SSSR count). The highest BCUT2D eigenvalue weighted by Gasteiger charge is 2.44. The highest BCUT2D eigenvalue weighted by atomic mass is 16.7. The maximum atomic E-state index is 13.1. The molecule has 0 saturated carbocycles. The van der Waals surface area contributed by atoms with Crippen molar-refractivity contribution < 1.29 is 39.8 Å². The zero-order valence-electron chi connectivity index (χ0n) is 53.0. The maximum absolute atomic E-state index is 13.1. The molecule has 0 aromatic carbocycles. The van der Waals surface area contributed by atoms with Gasteiger partial charge in [-0.25, -0.2) is 0 Å². The van der Waals surface area contributed by atoms with E-state index in [1.54, 1.807) is 6.08 Å². The van der Waals surface area contributed by atoms with Crippen LogP contribution in [-0.2, 0) is 14.3 Å². The zero-order chi connectivity index (χ0) is 58.6. The third-order valence-corrected chi connectivity index (χ3v) is 16.6. The van der Waals surface area contributed by atoms with Crippen LogP contribution in [0.15, 0.2) is 60.8 Å². The fourth-order valence-corrected chi connectivity index (χ4v) is 11.2. The summed E-state index contributed by atoms with van der Waals surface area (Å²) < 4.78 is 11.3. The second-order valence-corrected chi connectivity index (χ2v) is 24.3. The van der Waals surface area contributed by atoms with E-state index in [4.69, 9.17) is 9.47 Å². The van der Waals surface area contributed by atoms with E-state index in [2.05, 4.69) is 67.8 Å².